The average Bonchev–Trinajstić information content (AvgIpc) is 3.45. The minimum Gasteiger partial charge on any atom is -0.369 e. The van der Waals surface area contributed by atoms with E-state index in [9.17, 15) is 0 Å². The van der Waals surface area contributed by atoms with Crippen LogP contribution in [0.15, 0.2) is 0 Å². The van der Waals surface area contributed by atoms with Gasteiger partial charge in [0, 0.05) is 33.0 Å². The van der Waals surface area contributed by atoms with Crippen LogP contribution < -0.4 is 0 Å². The van der Waals surface area contributed by atoms with Crippen LogP contribution in [0.2, 0.25) is 0 Å². The van der Waals surface area contributed by atoms with E-state index < -0.39 is 28.7 Å². The summed E-state index contributed by atoms with van der Waals surface area (Å²) in [7, 11) is 0. The van der Waals surface area contributed by atoms with Gasteiger partial charge in [-0.15, -0.1) is 0 Å². The highest BCUT2D eigenvalue weighted by atomic mass is 16.7. The Bertz CT molecular complexity index is 517. The third-order valence-electron chi connectivity index (χ3n) is 8.24. The number of fused-ring (bicyclic) bond motifs is 7. The monoisotopic (exact) mass is 380 g/mol. The van der Waals surface area contributed by atoms with Gasteiger partial charge < -0.3 is 28.4 Å². The first kappa shape index (κ1) is 17.6. The van der Waals surface area contributed by atoms with Gasteiger partial charge in [0.1, 0.15) is 16.8 Å². The molecule has 0 amide bonds. The second kappa shape index (κ2) is 6.13. The summed E-state index contributed by atoms with van der Waals surface area (Å²) in [5.74, 6) is 0. The summed E-state index contributed by atoms with van der Waals surface area (Å²) in [5.41, 5.74) is -2.09. The first-order chi connectivity index (χ1) is 13.3. The van der Waals surface area contributed by atoms with E-state index >= 15 is 0 Å². The molecule has 2 bridgehead atoms. The molecule has 6 aliphatic rings. The molecule has 0 aliphatic carbocycles. The van der Waals surface area contributed by atoms with Crippen LogP contribution in [0, 0.1) is 0 Å². The fourth-order valence-corrected chi connectivity index (χ4v) is 7.42. The van der Waals surface area contributed by atoms with Crippen molar-refractivity contribution in [1.82, 2.24) is 0 Å². The van der Waals surface area contributed by atoms with Crippen molar-refractivity contribution < 1.29 is 28.4 Å². The number of hydrogen-bond donors (Lipinski definition) is 0. The van der Waals surface area contributed by atoms with Gasteiger partial charge >= 0.3 is 0 Å². The van der Waals surface area contributed by atoms with Gasteiger partial charge in [-0.2, -0.15) is 0 Å². The maximum Gasteiger partial charge on any atom is 0.189 e. The second-order valence-corrected chi connectivity index (χ2v) is 9.21. The lowest BCUT2D eigenvalue weighted by atomic mass is 9.58. The van der Waals surface area contributed by atoms with Crippen molar-refractivity contribution in [2.45, 2.75) is 99.0 Å². The molecule has 1 unspecified atom stereocenters. The SMILES string of the molecule is C1COC2O[C@@H](C1)[C@@]1(CCCO1)[C@@]1(CCCO1)[C@@]1(CCCO1)[C@@]21CCCO1. The Morgan fingerprint density at radius 3 is 1.74 bits per heavy atom. The lowest BCUT2D eigenvalue weighted by molar-refractivity contribution is -0.322. The van der Waals surface area contributed by atoms with Crippen LogP contribution in [0.4, 0.5) is 0 Å². The third-order valence-corrected chi connectivity index (χ3v) is 8.24. The molecular formula is C21H32O6. The van der Waals surface area contributed by atoms with E-state index in [2.05, 4.69) is 0 Å². The molecule has 6 nitrogen and oxygen atoms in total. The third kappa shape index (κ3) is 1.98. The smallest absolute Gasteiger partial charge is 0.189 e. The van der Waals surface area contributed by atoms with Crippen molar-refractivity contribution in [3.63, 3.8) is 0 Å². The molecule has 6 fully saturated rings. The van der Waals surface area contributed by atoms with Crippen molar-refractivity contribution in [2.75, 3.05) is 33.0 Å². The van der Waals surface area contributed by atoms with Crippen LogP contribution in [-0.2, 0) is 28.4 Å². The van der Waals surface area contributed by atoms with Crippen molar-refractivity contribution >= 4 is 0 Å². The quantitative estimate of drug-likeness (QED) is 0.644. The first-order valence-corrected chi connectivity index (χ1v) is 11.1. The molecule has 0 N–H and O–H groups in total. The van der Waals surface area contributed by atoms with E-state index in [1.165, 1.54) is 0 Å². The van der Waals surface area contributed by atoms with Gasteiger partial charge in [0.15, 0.2) is 11.9 Å². The van der Waals surface area contributed by atoms with E-state index in [4.69, 9.17) is 28.4 Å². The van der Waals surface area contributed by atoms with Crippen molar-refractivity contribution in [3.8, 4) is 0 Å². The number of ether oxygens (including phenoxy) is 6. The molecule has 0 aromatic rings. The molecular weight excluding hydrogens is 348 g/mol. The maximum absolute atomic E-state index is 6.81. The zero-order chi connectivity index (χ0) is 18.0. The number of hydrogen-bond acceptors (Lipinski definition) is 6. The maximum atomic E-state index is 6.81. The Kier molecular flexibility index (Phi) is 4.00. The van der Waals surface area contributed by atoms with E-state index in [0.29, 0.717) is 6.61 Å². The molecule has 6 atom stereocenters. The zero-order valence-corrected chi connectivity index (χ0v) is 16.2. The summed E-state index contributed by atoms with van der Waals surface area (Å²) in [6.45, 7) is 3.75. The van der Waals surface area contributed by atoms with Crippen LogP contribution in [-0.4, -0.2) is 67.8 Å². The van der Waals surface area contributed by atoms with Crippen LogP contribution in [0.1, 0.15) is 64.2 Å². The Hall–Kier alpha value is -0.240. The van der Waals surface area contributed by atoms with Gasteiger partial charge in [0.2, 0.25) is 0 Å². The fraction of sp³-hybridized carbons (Fsp3) is 1.00. The molecule has 6 saturated heterocycles. The normalized spacial score (nSPS) is 55.1. The van der Waals surface area contributed by atoms with E-state index in [1.54, 1.807) is 0 Å². The molecule has 0 saturated carbocycles. The summed E-state index contributed by atoms with van der Waals surface area (Å²) in [4.78, 5) is 0. The van der Waals surface area contributed by atoms with E-state index in [1.807, 2.05) is 0 Å². The minimum absolute atomic E-state index is 0.0183. The van der Waals surface area contributed by atoms with E-state index in [-0.39, 0.29) is 6.10 Å². The van der Waals surface area contributed by atoms with Crippen molar-refractivity contribution in [3.05, 3.63) is 0 Å². The molecule has 152 valence electrons. The highest BCUT2D eigenvalue weighted by Gasteiger charge is 2.81. The molecule has 0 aromatic heterocycles. The first-order valence-electron chi connectivity index (χ1n) is 11.1. The summed E-state index contributed by atoms with van der Waals surface area (Å²) >= 11 is 0. The summed E-state index contributed by atoms with van der Waals surface area (Å²) in [6, 6.07) is 0. The van der Waals surface area contributed by atoms with Crippen LogP contribution in [0.25, 0.3) is 0 Å². The molecule has 4 spiro atoms. The van der Waals surface area contributed by atoms with Crippen molar-refractivity contribution in [2.24, 2.45) is 0 Å². The molecule has 6 heteroatoms. The van der Waals surface area contributed by atoms with Crippen LogP contribution in [0.3, 0.4) is 0 Å². The summed E-state index contributed by atoms with van der Waals surface area (Å²) in [5, 5.41) is 0. The molecule has 27 heavy (non-hydrogen) atoms. The largest absolute Gasteiger partial charge is 0.369 e. The van der Waals surface area contributed by atoms with Crippen LogP contribution >= 0.6 is 0 Å². The predicted molar refractivity (Wildman–Crippen MR) is 95.5 cm³/mol. The Morgan fingerprint density at radius 2 is 1.15 bits per heavy atom. The highest BCUT2D eigenvalue weighted by Crippen LogP contribution is 2.65. The second-order valence-electron chi connectivity index (χ2n) is 9.21. The predicted octanol–water partition coefficient (Wildman–Crippen LogP) is 2.72. The Balaban J connectivity index is 1.62. The fourth-order valence-electron chi connectivity index (χ4n) is 7.42. The number of rotatable bonds is 0. The summed E-state index contributed by atoms with van der Waals surface area (Å²) < 4.78 is 40.0. The molecule has 6 heterocycles. The molecule has 6 rings (SSSR count). The lowest BCUT2D eigenvalue weighted by Gasteiger charge is -2.58. The average molecular weight is 380 g/mol. The highest BCUT2D eigenvalue weighted by molar-refractivity contribution is 5.29. The topological polar surface area (TPSA) is 55.4 Å². The summed E-state index contributed by atoms with van der Waals surface area (Å²) in [6.07, 6.45) is 9.47. The molecule has 6 aliphatic heterocycles. The van der Waals surface area contributed by atoms with Gasteiger partial charge in [-0.25, -0.2) is 0 Å². The minimum atomic E-state index is -0.591. The van der Waals surface area contributed by atoms with E-state index in [0.717, 1.165) is 90.6 Å². The van der Waals surface area contributed by atoms with Gasteiger partial charge in [-0.05, 0) is 64.2 Å². The standard InChI is InChI=1S/C21H32O6/c1-6-16-18(7-2-12-23-18)20(9-4-14-25-20)21(10-5-15-26-21)19(8-3-13-24-19)17(27-16)22-11-1/h16-17H,1-15H2/t16-,17?,18-,19+,20-,21+/m0/s1. The van der Waals surface area contributed by atoms with Gasteiger partial charge in [-0.3, -0.25) is 0 Å². The van der Waals surface area contributed by atoms with Crippen molar-refractivity contribution in [1.29, 1.82) is 0 Å². The molecule has 0 radical (unpaired) electrons. The van der Waals surface area contributed by atoms with Gasteiger partial charge in [0.05, 0.1) is 6.10 Å². The Labute approximate surface area is 161 Å². The molecule has 0 aromatic carbocycles. The van der Waals surface area contributed by atoms with Gasteiger partial charge in [0.25, 0.3) is 0 Å². The van der Waals surface area contributed by atoms with Crippen LogP contribution in [0.5, 0.6) is 0 Å². The Morgan fingerprint density at radius 1 is 0.556 bits per heavy atom. The lowest BCUT2D eigenvalue weighted by Crippen LogP contribution is -2.77. The zero-order valence-electron chi connectivity index (χ0n) is 16.2. The van der Waals surface area contributed by atoms with Gasteiger partial charge in [-0.1, -0.05) is 0 Å².